The highest BCUT2D eigenvalue weighted by Gasteiger charge is 2.25. The zero-order chi connectivity index (χ0) is 28.2. The quantitative estimate of drug-likeness (QED) is 0.198. The largest absolute Gasteiger partial charge is 0.463 e. The van der Waals surface area contributed by atoms with Gasteiger partial charge in [0.15, 0.2) is 0 Å². The lowest BCUT2D eigenvalue weighted by atomic mass is 10.0. The van der Waals surface area contributed by atoms with Gasteiger partial charge >= 0.3 is 5.97 Å². The second kappa shape index (κ2) is 14.3. The molecule has 1 heterocycles. The molecule has 3 aromatic rings. The number of ether oxygens (including phenoxy) is 1. The first-order chi connectivity index (χ1) is 18.8. The van der Waals surface area contributed by atoms with Crippen molar-refractivity contribution >= 4 is 23.7 Å². The minimum absolute atomic E-state index is 0.00201. The van der Waals surface area contributed by atoms with Gasteiger partial charge in [0, 0.05) is 36.2 Å². The Kier molecular flexibility index (Phi) is 10.6. The molecular formula is C30H34N4O5. The molecule has 2 atom stereocenters. The third-order valence-corrected chi connectivity index (χ3v) is 6.05. The van der Waals surface area contributed by atoms with Gasteiger partial charge in [-0.1, -0.05) is 60.7 Å². The molecule has 1 aromatic heterocycles. The first-order valence-electron chi connectivity index (χ1n) is 12.8. The van der Waals surface area contributed by atoms with Gasteiger partial charge < -0.3 is 26.1 Å². The van der Waals surface area contributed by atoms with Gasteiger partial charge in [-0.15, -0.1) is 0 Å². The molecule has 2 aromatic carbocycles. The summed E-state index contributed by atoms with van der Waals surface area (Å²) in [6, 6.07) is 19.0. The number of amides is 3. The predicted molar refractivity (Wildman–Crippen MR) is 148 cm³/mol. The summed E-state index contributed by atoms with van der Waals surface area (Å²) in [6.45, 7) is 3.88. The second-order valence-electron chi connectivity index (χ2n) is 9.05. The summed E-state index contributed by atoms with van der Waals surface area (Å²) < 4.78 is 4.90. The van der Waals surface area contributed by atoms with E-state index in [9.17, 15) is 19.2 Å². The number of primary amides is 1. The summed E-state index contributed by atoms with van der Waals surface area (Å²) in [5, 5.41) is 5.65. The normalized spacial score (nSPS) is 12.5. The van der Waals surface area contributed by atoms with Gasteiger partial charge in [0.1, 0.15) is 11.7 Å². The highest BCUT2D eigenvalue weighted by Crippen LogP contribution is 2.22. The standard InChI is InChI=1S/C30H34N4O5/c1-3-39-28(36)18-14-22(13-17-27(31)35)32-30(38)26(19-21-10-5-4-6-11-21)34-29(37)25-16-15-24(33-25)23-12-8-7-9-20(23)2/h4-12,14-16,18,22,26,33H,3,13,17,19H2,1-2H3,(H2,31,35)(H,32,38)(H,34,37)/b18-14+/t22-,26-/m1/s1. The summed E-state index contributed by atoms with van der Waals surface area (Å²) >= 11 is 0. The van der Waals surface area contributed by atoms with Crippen LogP contribution in [-0.4, -0.2) is 47.4 Å². The highest BCUT2D eigenvalue weighted by atomic mass is 16.5. The molecule has 0 saturated heterocycles. The van der Waals surface area contributed by atoms with Crippen molar-refractivity contribution in [1.29, 1.82) is 0 Å². The molecule has 0 bridgehead atoms. The Morgan fingerprint density at radius 3 is 2.38 bits per heavy atom. The van der Waals surface area contributed by atoms with Gasteiger partial charge in [0.2, 0.25) is 11.8 Å². The van der Waals surface area contributed by atoms with Gasteiger partial charge in [-0.3, -0.25) is 14.4 Å². The van der Waals surface area contributed by atoms with Crippen LogP contribution in [0.15, 0.2) is 78.9 Å². The monoisotopic (exact) mass is 530 g/mol. The topological polar surface area (TPSA) is 143 Å². The number of aromatic amines is 1. The number of benzene rings is 2. The second-order valence-corrected chi connectivity index (χ2v) is 9.05. The smallest absolute Gasteiger partial charge is 0.330 e. The molecule has 0 spiro atoms. The number of carbonyl (C=O) groups excluding carboxylic acids is 4. The maximum Gasteiger partial charge on any atom is 0.330 e. The Labute approximate surface area is 227 Å². The first-order valence-corrected chi connectivity index (χ1v) is 12.8. The van der Waals surface area contributed by atoms with Crippen LogP contribution in [0.2, 0.25) is 0 Å². The van der Waals surface area contributed by atoms with Crippen LogP contribution in [0.3, 0.4) is 0 Å². The lowest BCUT2D eigenvalue weighted by Gasteiger charge is -2.22. The number of esters is 1. The molecule has 204 valence electrons. The van der Waals surface area contributed by atoms with E-state index in [1.807, 2.05) is 67.6 Å². The summed E-state index contributed by atoms with van der Waals surface area (Å²) in [5.74, 6) is -2.02. The third kappa shape index (κ3) is 8.99. The van der Waals surface area contributed by atoms with E-state index in [0.717, 1.165) is 22.4 Å². The van der Waals surface area contributed by atoms with E-state index in [1.54, 1.807) is 13.0 Å². The van der Waals surface area contributed by atoms with Crippen LogP contribution in [0.25, 0.3) is 11.3 Å². The Bertz CT molecular complexity index is 1320. The summed E-state index contributed by atoms with van der Waals surface area (Å²) in [6.07, 6.45) is 3.07. The molecule has 0 aliphatic heterocycles. The average molecular weight is 531 g/mol. The number of hydrogen-bond donors (Lipinski definition) is 4. The molecule has 39 heavy (non-hydrogen) atoms. The fourth-order valence-corrected chi connectivity index (χ4v) is 4.04. The SMILES string of the molecule is CCOC(=O)/C=C/[C@@H](CCC(N)=O)NC(=O)[C@@H](Cc1ccccc1)NC(=O)c1ccc(-c2ccccc2C)[nH]1. The van der Waals surface area contributed by atoms with E-state index >= 15 is 0 Å². The van der Waals surface area contributed by atoms with Gasteiger partial charge in [0.25, 0.3) is 5.91 Å². The number of rotatable bonds is 13. The number of nitrogens with two attached hydrogens (primary N) is 1. The Balaban J connectivity index is 1.79. The van der Waals surface area contributed by atoms with E-state index in [4.69, 9.17) is 10.5 Å². The number of hydrogen-bond acceptors (Lipinski definition) is 5. The van der Waals surface area contributed by atoms with Crippen LogP contribution in [-0.2, 0) is 25.5 Å². The fourth-order valence-electron chi connectivity index (χ4n) is 4.04. The highest BCUT2D eigenvalue weighted by molar-refractivity contribution is 5.97. The fraction of sp³-hybridized carbons (Fsp3) is 0.267. The number of aromatic nitrogens is 1. The summed E-state index contributed by atoms with van der Waals surface area (Å²) in [4.78, 5) is 52.9. The molecule has 9 heteroatoms. The molecule has 5 N–H and O–H groups in total. The molecule has 3 amide bonds. The molecular weight excluding hydrogens is 496 g/mol. The maximum atomic E-state index is 13.4. The van der Waals surface area contributed by atoms with Gasteiger partial charge in [-0.2, -0.15) is 0 Å². The Morgan fingerprint density at radius 2 is 1.69 bits per heavy atom. The van der Waals surface area contributed by atoms with E-state index in [1.165, 1.54) is 12.2 Å². The minimum atomic E-state index is -0.933. The van der Waals surface area contributed by atoms with E-state index in [0.29, 0.717) is 5.69 Å². The van der Waals surface area contributed by atoms with Crippen molar-refractivity contribution < 1.29 is 23.9 Å². The molecule has 0 saturated carbocycles. The molecule has 0 radical (unpaired) electrons. The third-order valence-electron chi connectivity index (χ3n) is 6.05. The van der Waals surface area contributed by atoms with E-state index in [2.05, 4.69) is 15.6 Å². The molecule has 3 rings (SSSR count). The van der Waals surface area contributed by atoms with Crippen LogP contribution in [0.1, 0.15) is 41.4 Å². The maximum absolute atomic E-state index is 13.4. The van der Waals surface area contributed by atoms with Gasteiger partial charge in [0.05, 0.1) is 6.61 Å². The van der Waals surface area contributed by atoms with Crippen molar-refractivity contribution in [3.63, 3.8) is 0 Å². The molecule has 0 unspecified atom stereocenters. The van der Waals surface area contributed by atoms with Crippen LogP contribution in [0.4, 0.5) is 0 Å². The zero-order valence-corrected chi connectivity index (χ0v) is 22.1. The van der Waals surface area contributed by atoms with Crippen molar-refractivity contribution in [2.75, 3.05) is 6.61 Å². The number of carbonyl (C=O) groups is 4. The molecule has 9 nitrogen and oxygen atoms in total. The molecule has 0 fully saturated rings. The van der Waals surface area contributed by atoms with Crippen molar-refractivity contribution in [2.45, 2.75) is 45.2 Å². The number of nitrogens with one attached hydrogen (secondary N) is 3. The zero-order valence-electron chi connectivity index (χ0n) is 22.1. The predicted octanol–water partition coefficient (Wildman–Crippen LogP) is 3.20. The average Bonchev–Trinajstić information content (AvgIpc) is 3.41. The summed E-state index contributed by atoms with van der Waals surface area (Å²) in [7, 11) is 0. The Hall–Kier alpha value is -4.66. The lowest BCUT2D eigenvalue weighted by Crippen LogP contribution is -2.50. The van der Waals surface area contributed by atoms with E-state index < -0.39 is 35.8 Å². The van der Waals surface area contributed by atoms with Gasteiger partial charge in [-0.05, 0) is 43.5 Å². The number of H-pyrrole nitrogens is 1. The lowest BCUT2D eigenvalue weighted by molar-refractivity contribution is -0.137. The minimum Gasteiger partial charge on any atom is -0.463 e. The Morgan fingerprint density at radius 1 is 0.974 bits per heavy atom. The van der Waals surface area contributed by atoms with Crippen LogP contribution < -0.4 is 16.4 Å². The van der Waals surface area contributed by atoms with Crippen molar-refractivity contribution in [2.24, 2.45) is 5.73 Å². The van der Waals surface area contributed by atoms with Crippen LogP contribution >= 0.6 is 0 Å². The number of aryl methyl sites for hydroxylation is 1. The molecule has 0 aliphatic carbocycles. The van der Waals surface area contributed by atoms with Crippen LogP contribution in [0.5, 0.6) is 0 Å². The van der Waals surface area contributed by atoms with Crippen molar-refractivity contribution in [3.05, 3.63) is 95.7 Å². The van der Waals surface area contributed by atoms with Gasteiger partial charge in [-0.25, -0.2) is 4.79 Å². The summed E-state index contributed by atoms with van der Waals surface area (Å²) in [5.41, 5.74) is 9.28. The van der Waals surface area contributed by atoms with Crippen LogP contribution in [0, 0.1) is 6.92 Å². The van der Waals surface area contributed by atoms with E-state index in [-0.39, 0.29) is 25.9 Å². The first kappa shape index (κ1) is 28.9. The molecule has 0 aliphatic rings. The van der Waals surface area contributed by atoms with Crippen molar-refractivity contribution in [3.8, 4) is 11.3 Å². The van der Waals surface area contributed by atoms with Crippen molar-refractivity contribution in [1.82, 2.24) is 15.6 Å².